The number of carboxylic acids is 1. The van der Waals surface area contributed by atoms with Crippen LogP contribution in [0.1, 0.15) is 21.5 Å². The zero-order valence-electron chi connectivity index (χ0n) is 14.5. The van der Waals surface area contributed by atoms with E-state index in [1.807, 2.05) is 30.3 Å². The SMILES string of the molecule is O=C(O)Cc1cccc(Oc2ccc(C(=O)/C=C/c3ccccc3)cc2)c1. The molecule has 1 N–H and O–H groups in total. The fraction of sp³-hybridized carbons (Fsp3) is 0.0435. The third kappa shape index (κ3) is 5.41. The van der Waals surface area contributed by atoms with Crippen LogP contribution in [0.4, 0.5) is 0 Å². The van der Waals surface area contributed by atoms with E-state index in [1.165, 1.54) is 0 Å². The van der Waals surface area contributed by atoms with Gasteiger partial charge >= 0.3 is 5.97 Å². The average molecular weight is 358 g/mol. The Kier molecular flexibility index (Phi) is 5.80. The van der Waals surface area contributed by atoms with E-state index < -0.39 is 5.97 Å². The molecule has 0 saturated heterocycles. The molecule has 0 spiro atoms. The summed E-state index contributed by atoms with van der Waals surface area (Å²) in [7, 11) is 0. The van der Waals surface area contributed by atoms with E-state index in [9.17, 15) is 9.59 Å². The van der Waals surface area contributed by atoms with Crippen LogP contribution in [0.25, 0.3) is 6.08 Å². The van der Waals surface area contributed by atoms with Gasteiger partial charge < -0.3 is 9.84 Å². The molecule has 0 aliphatic rings. The van der Waals surface area contributed by atoms with E-state index in [-0.39, 0.29) is 12.2 Å². The minimum atomic E-state index is -0.890. The van der Waals surface area contributed by atoms with Gasteiger partial charge in [0.15, 0.2) is 5.78 Å². The van der Waals surface area contributed by atoms with Crippen LogP contribution in [0.3, 0.4) is 0 Å². The summed E-state index contributed by atoms with van der Waals surface area (Å²) < 4.78 is 5.74. The highest BCUT2D eigenvalue weighted by Crippen LogP contribution is 2.23. The Labute approximate surface area is 157 Å². The summed E-state index contributed by atoms with van der Waals surface area (Å²) in [6.45, 7) is 0. The first-order valence-electron chi connectivity index (χ1n) is 8.46. The van der Waals surface area contributed by atoms with Crippen LogP contribution in [-0.4, -0.2) is 16.9 Å². The number of carbonyl (C=O) groups excluding carboxylic acids is 1. The predicted molar refractivity (Wildman–Crippen MR) is 104 cm³/mol. The summed E-state index contributed by atoms with van der Waals surface area (Å²) >= 11 is 0. The maximum absolute atomic E-state index is 12.3. The number of carbonyl (C=O) groups is 2. The second-order valence-electron chi connectivity index (χ2n) is 5.95. The van der Waals surface area contributed by atoms with Gasteiger partial charge in [-0.25, -0.2) is 0 Å². The van der Waals surface area contributed by atoms with Gasteiger partial charge in [-0.15, -0.1) is 0 Å². The van der Waals surface area contributed by atoms with Gasteiger partial charge in [-0.1, -0.05) is 48.5 Å². The van der Waals surface area contributed by atoms with Crippen molar-refractivity contribution in [2.75, 3.05) is 0 Å². The Bertz CT molecular complexity index is 957. The van der Waals surface area contributed by atoms with Crippen molar-refractivity contribution in [1.29, 1.82) is 0 Å². The molecule has 0 saturated carbocycles. The lowest BCUT2D eigenvalue weighted by atomic mass is 10.1. The van der Waals surface area contributed by atoms with Crippen molar-refractivity contribution in [1.82, 2.24) is 0 Å². The topological polar surface area (TPSA) is 63.6 Å². The van der Waals surface area contributed by atoms with Crippen molar-refractivity contribution in [3.8, 4) is 11.5 Å². The molecule has 0 amide bonds. The van der Waals surface area contributed by atoms with E-state index in [2.05, 4.69) is 0 Å². The minimum absolute atomic E-state index is 0.0572. The van der Waals surface area contributed by atoms with Crippen LogP contribution in [0.5, 0.6) is 11.5 Å². The molecule has 0 heterocycles. The Morgan fingerprint density at radius 2 is 1.59 bits per heavy atom. The van der Waals surface area contributed by atoms with Gasteiger partial charge in [0.25, 0.3) is 0 Å². The van der Waals surface area contributed by atoms with Crippen molar-refractivity contribution in [2.45, 2.75) is 6.42 Å². The highest BCUT2D eigenvalue weighted by Gasteiger charge is 2.05. The molecule has 3 aromatic carbocycles. The Morgan fingerprint density at radius 1 is 0.852 bits per heavy atom. The lowest BCUT2D eigenvalue weighted by Gasteiger charge is -2.07. The Hall–Kier alpha value is -3.66. The van der Waals surface area contributed by atoms with Gasteiger partial charge in [0.1, 0.15) is 11.5 Å². The first kappa shape index (κ1) is 18.1. The summed E-state index contributed by atoms with van der Waals surface area (Å²) in [6, 6.07) is 23.4. The first-order valence-corrected chi connectivity index (χ1v) is 8.46. The lowest BCUT2D eigenvalue weighted by molar-refractivity contribution is -0.136. The smallest absolute Gasteiger partial charge is 0.307 e. The largest absolute Gasteiger partial charge is 0.481 e. The molecule has 4 heteroatoms. The normalized spacial score (nSPS) is 10.7. The van der Waals surface area contributed by atoms with Crippen LogP contribution in [0, 0.1) is 0 Å². The van der Waals surface area contributed by atoms with Gasteiger partial charge in [0.05, 0.1) is 6.42 Å². The van der Waals surface area contributed by atoms with Gasteiger partial charge in [-0.3, -0.25) is 9.59 Å². The monoisotopic (exact) mass is 358 g/mol. The van der Waals surface area contributed by atoms with Crippen molar-refractivity contribution in [3.63, 3.8) is 0 Å². The number of benzene rings is 3. The van der Waals surface area contributed by atoms with Gasteiger partial charge in [-0.05, 0) is 53.6 Å². The van der Waals surface area contributed by atoms with Crippen LogP contribution in [-0.2, 0) is 11.2 Å². The number of ketones is 1. The maximum Gasteiger partial charge on any atom is 0.307 e. The zero-order chi connectivity index (χ0) is 19.1. The third-order valence-electron chi connectivity index (χ3n) is 3.86. The van der Waals surface area contributed by atoms with E-state index in [1.54, 1.807) is 60.7 Å². The van der Waals surface area contributed by atoms with Crippen molar-refractivity contribution in [2.24, 2.45) is 0 Å². The summed E-state index contributed by atoms with van der Waals surface area (Å²) in [5, 5.41) is 8.87. The Morgan fingerprint density at radius 3 is 2.30 bits per heavy atom. The third-order valence-corrected chi connectivity index (χ3v) is 3.86. The zero-order valence-corrected chi connectivity index (χ0v) is 14.5. The standard InChI is InChI=1S/C23H18O4/c24-22(14-9-17-5-2-1-3-6-17)19-10-12-20(13-11-19)27-21-8-4-7-18(15-21)16-23(25)26/h1-15H,16H2,(H,25,26)/b14-9+. The highest BCUT2D eigenvalue weighted by molar-refractivity contribution is 6.06. The fourth-order valence-corrected chi connectivity index (χ4v) is 2.55. The molecule has 134 valence electrons. The quantitative estimate of drug-likeness (QED) is 0.477. The van der Waals surface area contributed by atoms with Crippen LogP contribution >= 0.6 is 0 Å². The van der Waals surface area contributed by atoms with E-state index in [0.29, 0.717) is 22.6 Å². The Balaban J connectivity index is 1.66. The number of aliphatic carboxylic acids is 1. The molecule has 3 rings (SSSR count). The van der Waals surface area contributed by atoms with Crippen LogP contribution in [0.2, 0.25) is 0 Å². The van der Waals surface area contributed by atoms with E-state index in [0.717, 1.165) is 5.56 Å². The molecule has 4 nitrogen and oxygen atoms in total. The summed E-state index contributed by atoms with van der Waals surface area (Å²) in [5.74, 6) is 0.148. The first-order chi connectivity index (χ1) is 13.1. The molecular weight excluding hydrogens is 340 g/mol. The van der Waals surface area contributed by atoms with E-state index in [4.69, 9.17) is 9.84 Å². The number of hydrogen-bond acceptors (Lipinski definition) is 3. The van der Waals surface area contributed by atoms with Crippen LogP contribution in [0.15, 0.2) is 84.9 Å². The molecule has 0 aromatic heterocycles. The number of rotatable bonds is 7. The maximum atomic E-state index is 12.3. The number of carboxylic acid groups (broad SMARTS) is 1. The number of ether oxygens (including phenoxy) is 1. The van der Waals surface area contributed by atoms with Crippen molar-refractivity contribution >= 4 is 17.8 Å². The van der Waals surface area contributed by atoms with Crippen LogP contribution < -0.4 is 4.74 Å². The molecular formula is C23H18O4. The molecule has 0 fully saturated rings. The summed E-state index contributed by atoms with van der Waals surface area (Å²) in [4.78, 5) is 23.1. The molecule has 27 heavy (non-hydrogen) atoms. The number of hydrogen-bond donors (Lipinski definition) is 1. The fourth-order valence-electron chi connectivity index (χ4n) is 2.55. The summed E-state index contributed by atoms with van der Waals surface area (Å²) in [5.41, 5.74) is 2.19. The molecule has 3 aromatic rings. The average Bonchev–Trinajstić information content (AvgIpc) is 2.67. The molecule has 0 atom stereocenters. The second kappa shape index (κ2) is 8.63. The van der Waals surface area contributed by atoms with Crippen molar-refractivity contribution < 1.29 is 19.4 Å². The van der Waals surface area contributed by atoms with Gasteiger partial charge in [0, 0.05) is 5.56 Å². The molecule has 0 unspecified atom stereocenters. The molecule has 0 radical (unpaired) electrons. The molecule has 0 aliphatic carbocycles. The number of allylic oxidation sites excluding steroid dienone is 1. The lowest BCUT2D eigenvalue weighted by Crippen LogP contribution is -1.99. The highest BCUT2D eigenvalue weighted by atomic mass is 16.5. The molecule has 0 bridgehead atoms. The predicted octanol–water partition coefficient (Wildman–Crippen LogP) is 5.00. The summed E-state index contributed by atoms with van der Waals surface area (Å²) in [6.07, 6.45) is 3.26. The molecule has 0 aliphatic heterocycles. The van der Waals surface area contributed by atoms with E-state index >= 15 is 0 Å². The second-order valence-corrected chi connectivity index (χ2v) is 5.95. The minimum Gasteiger partial charge on any atom is -0.481 e. The van der Waals surface area contributed by atoms with Crippen molar-refractivity contribution in [3.05, 3.63) is 102 Å². The van der Waals surface area contributed by atoms with Gasteiger partial charge in [-0.2, -0.15) is 0 Å². The van der Waals surface area contributed by atoms with Gasteiger partial charge in [0.2, 0.25) is 0 Å².